The minimum atomic E-state index is -0.731. The summed E-state index contributed by atoms with van der Waals surface area (Å²) in [4.78, 5) is 17.6. The molecule has 0 spiro atoms. The van der Waals surface area contributed by atoms with Gasteiger partial charge in [-0.25, -0.2) is 0 Å². The van der Waals surface area contributed by atoms with Crippen molar-refractivity contribution in [3.05, 3.63) is 24.0 Å². The number of carbonyl (C=O) groups is 1. The molecular weight excluding hydrogens is 404 g/mol. The van der Waals surface area contributed by atoms with Crippen molar-refractivity contribution in [2.24, 2.45) is 5.92 Å². The van der Waals surface area contributed by atoms with Crippen molar-refractivity contribution in [2.45, 2.75) is 98.4 Å². The van der Waals surface area contributed by atoms with Gasteiger partial charge in [0.25, 0.3) is 0 Å². The predicted molar refractivity (Wildman–Crippen MR) is 131 cm³/mol. The van der Waals surface area contributed by atoms with Gasteiger partial charge >= 0.3 is 5.97 Å². The van der Waals surface area contributed by atoms with Crippen LogP contribution in [0.4, 0.5) is 0 Å². The molecule has 0 N–H and O–H groups in total. The van der Waals surface area contributed by atoms with E-state index in [1.807, 2.05) is 27.0 Å². The van der Waals surface area contributed by atoms with Crippen LogP contribution < -0.4 is 0 Å². The monoisotopic (exact) mass is 452 g/mol. The molecule has 32 heavy (non-hydrogen) atoms. The normalized spacial score (nSPS) is 20.0. The van der Waals surface area contributed by atoms with Gasteiger partial charge in [0, 0.05) is 38.4 Å². The van der Waals surface area contributed by atoms with Crippen molar-refractivity contribution in [1.82, 2.24) is 9.80 Å². The van der Waals surface area contributed by atoms with Crippen molar-refractivity contribution in [2.75, 3.05) is 33.4 Å². The summed E-state index contributed by atoms with van der Waals surface area (Å²) < 4.78 is 17.5. The zero-order valence-corrected chi connectivity index (χ0v) is 22.1. The Morgan fingerprint density at radius 2 is 1.81 bits per heavy atom. The highest BCUT2D eigenvalue weighted by molar-refractivity contribution is 5.73. The van der Waals surface area contributed by atoms with E-state index in [0.29, 0.717) is 6.42 Å². The van der Waals surface area contributed by atoms with Gasteiger partial charge in [-0.3, -0.25) is 9.69 Å². The van der Waals surface area contributed by atoms with Crippen LogP contribution in [0.15, 0.2) is 24.0 Å². The standard InChI is InChI=1S/C26H48N2O4/c1-11-14-22(24(29)32-25(6,7)8)19-26(9,30-10)28(13-3)23(20(4)12-2)21(5)27-15-17-31-18-16-27/h13,21-22H,3,11-12,14-19H2,1-2,4-10H3/b23-20-. The summed E-state index contributed by atoms with van der Waals surface area (Å²) in [6.07, 6.45) is 4.96. The van der Waals surface area contributed by atoms with Crippen molar-refractivity contribution >= 4 is 5.97 Å². The van der Waals surface area contributed by atoms with Gasteiger partial charge in [-0.1, -0.05) is 32.4 Å². The molecule has 1 aliphatic heterocycles. The Hall–Kier alpha value is -1.37. The van der Waals surface area contributed by atoms with Crippen LogP contribution in [-0.2, 0) is 19.0 Å². The Morgan fingerprint density at radius 1 is 1.22 bits per heavy atom. The van der Waals surface area contributed by atoms with Gasteiger partial charge in [0.05, 0.1) is 19.1 Å². The van der Waals surface area contributed by atoms with Crippen LogP contribution in [0, 0.1) is 5.92 Å². The van der Waals surface area contributed by atoms with Crippen LogP contribution in [0.5, 0.6) is 0 Å². The Morgan fingerprint density at radius 3 is 2.25 bits per heavy atom. The van der Waals surface area contributed by atoms with Gasteiger partial charge in [0.2, 0.25) is 0 Å². The number of hydrogen-bond donors (Lipinski definition) is 0. The average molecular weight is 453 g/mol. The summed E-state index contributed by atoms with van der Waals surface area (Å²) in [7, 11) is 1.72. The van der Waals surface area contributed by atoms with Crippen molar-refractivity contribution in [1.29, 1.82) is 0 Å². The van der Waals surface area contributed by atoms with Gasteiger partial charge < -0.3 is 19.1 Å². The van der Waals surface area contributed by atoms with E-state index >= 15 is 0 Å². The molecule has 3 unspecified atom stereocenters. The van der Waals surface area contributed by atoms with Crippen LogP contribution in [0.25, 0.3) is 0 Å². The molecule has 0 aromatic rings. The molecule has 1 rings (SSSR count). The minimum Gasteiger partial charge on any atom is -0.460 e. The van der Waals surface area contributed by atoms with E-state index in [0.717, 1.165) is 45.6 Å². The highest BCUT2D eigenvalue weighted by Crippen LogP contribution is 2.35. The molecule has 0 radical (unpaired) electrons. The largest absolute Gasteiger partial charge is 0.460 e. The first-order chi connectivity index (χ1) is 14.9. The number of carbonyl (C=O) groups excluding carboxylic acids is 1. The maximum Gasteiger partial charge on any atom is 0.309 e. The molecule has 3 atom stereocenters. The topological polar surface area (TPSA) is 51.2 Å². The summed E-state index contributed by atoms with van der Waals surface area (Å²) in [5.41, 5.74) is 1.23. The molecule has 0 saturated carbocycles. The molecule has 0 bridgehead atoms. The summed E-state index contributed by atoms with van der Waals surface area (Å²) >= 11 is 0. The molecule has 6 nitrogen and oxygen atoms in total. The molecule has 1 saturated heterocycles. The first kappa shape index (κ1) is 28.7. The van der Waals surface area contributed by atoms with E-state index in [-0.39, 0.29) is 17.9 Å². The van der Waals surface area contributed by atoms with E-state index in [2.05, 4.69) is 51.0 Å². The molecule has 6 heteroatoms. The lowest BCUT2D eigenvalue weighted by molar-refractivity contribution is -0.167. The zero-order chi connectivity index (χ0) is 24.5. The van der Waals surface area contributed by atoms with Gasteiger partial charge in [0.1, 0.15) is 11.3 Å². The predicted octanol–water partition coefficient (Wildman–Crippen LogP) is 5.35. The zero-order valence-electron chi connectivity index (χ0n) is 22.1. The van der Waals surface area contributed by atoms with E-state index in [4.69, 9.17) is 14.2 Å². The molecule has 0 amide bonds. The Bertz CT molecular complexity index is 634. The number of methoxy groups -OCH3 is 1. The lowest BCUT2D eigenvalue weighted by Gasteiger charge is -2.47. The van der Waals surface area contributed by atoms with Gasteiger partial charge in [0.15, 0.2) is 0 Å². The quantitative estimate of drug-likeness (QED) is 0.294. The van der Waals surface area contributed by atoms with Gasteiger partial charge in [-0.2, -0.15) is 0 Å². The fourth-order valence-electron chi connectivity index (χ4n) is 4.40. The van der Waals surface area contributed by atoms with E-state index in [1.165, 1.54) is 11.3 Å². The van der Waals surface area contributed by atoms with E-state index in [1.54, 1.807) is 7.11 Å². The fraction of sp³-hybridized carbons (Fsp3) is 0.808. The molecule has 0 aliphatic carbocycles. The minimum absolute atomic E-state index is 0.161. The molecular formula is C26H48N2O4. The van der Waals surface area contributed by atoms with Gasteiger partial charge in [-0.05, 0) is 60.6 Å². The molecule has 1 heterocycles. The summed E-state index contributed by atoms with van der Waals surface area (Å²) in [5, 5.41) is 0. The molecule has 0 aromatic heterocycles. The van der Waals surface area contributed by atoms with Crippen LogP contribution in [0.3, 0.4) is 0 Å². The maximum absolute atomic E-state index is 13.0. The van der Waals surface area contributed by atoms with Crippen LogP contribution in [-0.4, -0.2) is 66.6 Å². The Kier molecular flexibility index (Phi) is 11.4. The van der Waals surface area contributed by atoms with Crippen molar-refractivity contribution in [3.63, 3.8) is 0 Å². The second kappa shape index (κ2) is 12.8. The first-order valence-corrected chi connectivity index (χ1v) is 12.1. The van der Waals surface area contributed by atoms with E-state index in [9.17, 15) is 4.79 Å². The molecule has 1 aliphatic rings. The molecule has 0 aromatic carbocycles. The molecule has 1 fully saturated rings. The number of ether oxygens (including phenoxy) is 3. The number of morpholine rings is 1. The van der Waals surface area contributed by atoms with E-state index < -0.39 is 11.3 Å². The SMILES string of the molecule is C=CN(/C(=C(/C)CC)C(C)N1CCOCC1)C(C)(CC(CCC)C(=O)OC(C)(C)C)OC. The highest BCUT2D eigenvalue weighted by Gasteiger charge is 2.40. The van der Waals surface area contributed by atoms with Crippen LogP contribution in [0.2, 0.25) is 0 Å². The number of rotatable bonds is 12. The average Bonchev–Trinajstić information content (AvgIpc) is 2.75. The Balaban J connectivity index is 3.32. The number of allylic oxidation sites excluding steroid dienone is 1. The fourth-order valence-corrected chi connectivity index (χ4v) is 4.40. The lowest BCUT2D eigenvalue weighted by Crippen LogP contribution is -2.52. The third kappa shape index (κ3) is 7.89. The van der Waals surface area contributed by atoms with Crippen molar-refractivity contribution in [3.8, 4) is 0 Å². The number of esters is 1. The third-order valence-corrected chi connectivity index (χ3v) is 6.35. The van der Waals surface area contributed by atoms with Gasteiger partial charge in [-0.15, -0.1) is 0 Å². The summed E-state index contributed by atoms with van der Waals surface area (Å²) in [6.45, 7) is 23.9. The first-order valence-electron chi connectivity index (χ1n) is 12.1. The summed E-state index contributed by atoms with van der Waals surface area (Å²) in [5.74, 6) is -0.417. The van der Waals surface area contributed by atoms with Crippen LogP contribution in [0.1, 0.15) is 81.1 Å². The second-order valence-corrected chi connectivity index (χ2v) is 10.00. The smallest absolute Gasteiger partial charge is 0.309 e. The third-order valence-electron chi connectivity index (χ3n) is 6.35. The maximum atomic E-state index is 13.0. The second-order valence-electron chi connectivity index (χ2n) is 10.00. The molecule has 186 valence electrons. The summed E-state index contributed by atoms with van der Waals surface area (Å²) in [6, 6.07) is 0.178. The Labute approximate surface area is 196 Å². The number of nitrogens with zero attached hydrogens (tertiary/aromatic N) is 2. The number of hydrogen-bond acceptors (Lipinski definition) is 6. The highest BCUT2D eigenvalue weighted by atomic mass is 16.6. The van der Waals surface area contributed by atoms with Crippen LogP contribution >= 0.6 is 0 Å². The van der Waals surface area contributed by atoms with Crippen molar-refractivity contribution < 1.29 is 19.0 Å². The lowest BCUT2D eigenvalue weighted by atomic mass is 9.91.